The second-order valence-corrected chi connectivity index (χ2v) is 5.41. The van der Waals surface area contributed by atoms with E-state index in [-0.39, 0.29) is 0 Å². The largest absolute Gasteiger partial charge is 0.333 e. The van der Waals surface area contributed by atoms with Crippen molar-refractivity contribution in [3.63, 3.8) is 0 Å². The minimum atomic E-state index is 0.691. The molecule has 4 heteroatoms. The Kier molecular flexibility index (Phi) is 3.53. The number of aromatic amines is 1. The molecule has 0 saturated carbocycles. The molecule has 0 fully saturated rings. The molecule has 1 aromatic heterocycles. The Balaban J connectivity index is 1.80. The second kappa shape index (κ2) is 5.47. The van der Waals surface area contributed by atoms with Crippen molar-refractivity contribution in [2.45, 2.75) is 16.5 Å². The van der Waals surface area contributed by atoms with Crippen LogP contribution in [0.25, 0.3) is 11.0 Å². The highest BCUT2D eigenvalue weighted by Gasteiger charge is 2.04. The van der Waals surface area contributed by atoms with E-state index in [0.717, 1.165) is 22.6 Å². The van der Waals surface area contributed by atoms with Gasteiger partial charge in [-0.05, 0) is 42.8 Å². The normalized spacial score (nSPS) is 11.0. The van der Waals surface area contributed by atoms with Crippen LogP contribution in [-0.2, 0) is 6.42 Å². The molecule has 3 rings (SSSR count). The van der Waals surface area contributed by atoms with Crippen molar-refractivity contribution in [2.75, 3.05) is 6.54 Å². The van der Waals surface area contributed by atoms with Gasteiger partial charge >= 0.3 is 0 Å². The predicted molar refractivity (Wildman–Crippen MR) is 79.4 cm³/mol. The summed E-state index contributed by atoms with van der Waals surface area (Å²) in [6, 6.07) is 16.5. The molecule has 19 heavy (non-hydrogen) atoms. The number of nitrogens with one attached hydrogen (secondary N) is 1. The molecule has 0 atom stereocenters. The maximum Gasteiger partial charge on any atom is 0.171 e. The molecule has 0 aliphatic carbocycles. The van der Waals surface area contributed by atoms with E-state index >= 15 is 0 Å². The number of fused-ring (bicyclic) bond motifs is 1. The van der Waals surface area contributed by atoms with Crippen molar-refractivity contribution in [2.24, 2.45) is 5.73 Å². The number of para-hydroxylation sites is 2. The SMILES string of the molecule is NCCc1ccc(Sc2nc3ccccc3[nH]2)cc1. The van der Waals surface area contributed by atoms with E-state index in [9.17, 15) is 0 Å². The summed E-state index contributed by atoms with van der Waals surface area (Å²) in [4.78, 5) is 9.05. The molecule has 96 valence electrons. The lowest BCUT2D eigenvalue weighted by atomic mass is 10.2. The number of hydrogen-bond donors (Lipinski definition) is 2. The molecular formula is C15H15N3S. The van der Waals surface area contributed by atoms with Crippen LogP contribution < -0.4 is 5.73 Å². The van der Waals surface area contributed by atoms with Gasteiger partial charge in [-0.15, -0.1) is 0 Å². The maximum absolute atomic E-state index is 5.55. The molecule has 0 aliphatic rings. The average molecular weight is 269 g/mol. The van der Waals surface area contributed by atoms with Crippen LogP contribution in [0.15, 0.2) is 58.6 Å². The van der Waals surface area contributed by atoms with E-state index < -0.39 is 0 Å². The van der Waals surface area contributed by atoms with Crippen molar-refractivity contribution in [3.05, 3.63) is 54.1 Å². The number of aromatic nitrogens is 2. The van der Waals surface area contributed by atoms with Crippen LogP contribution in [0.4, 0.5) is 0 Å². The Morgan fingerprint density at radius 1 is 1.05 bits per heavy atom. The first kappa shape index (κ1) is 12.3. The van der Waals surface area contributed by atoms with Crippen molar-refractivity contribution < 1.29 is 0 Å². The summed E-state index contributed by atoms with van der Waals surface area (Å²) in [5.41, 5.74) is 8.90. The number of imidazole rings is 1. The van der Waals surface area contributed by atoms with E-state index in [2.05, 4.69) is 34.2 Å². The van der Waals surface area contributed by atoms with Crippen LogP contribution in [0.5, 0.6) is 0 Å². The quantitative estimate of drug-likeness (QED) is 0.764. The zero-order valence-corrected chi connectivity index (χ0v) is 11.3. The van der Waals surface area contributed by atoms with Gasteiger partial charge in [0.05, 0.1) is 11.0 Å². The number of nitrogens with two attached hydrogens (primary N) is 1. The van der Waals surface area contributed by atoms with Gasteiger partial charge in [0.1, 0.15) is 0 Å². The summed E-state index contributed by atoms with van der Waals surface area (Å²) in [7, 11) is 0. The number of nitrogens with zero attached hydrogens (tertiary/aromatic N) is 1. The lowest BCUT2D eigenvalue weighted by Gasteiger charge is -2.01. The molecule has 0 saturated heterocycles. The third-order valence-electron chi connectivity index (χ3n) is 2.94. The molecule has 0 aliphatic heterocycles. The first-order chi connectivity index (χ1) is 9.35. The van der Waals surface area contributed by atoms with Crippen LogP contribution in [-0.4, -0.2) is 16.5 Å². The lowest BCUT2D eigenvalue weighted by molar-refractivity contribution is 0.966. The van der Waals surface area contributed by atoms with Gasteiger partial charge in [-0.1, -0.05) is 36.0 Å². The highest BCUT2D eigenvalue weighted by Crippen LogP contribution is 2.27. The maximum atomic E-state index is 5.55. The van der Waals surface area contributed by atoms with Gasteiger partial charge in [0, 0.05) is 4.90 Å². The fraction of sp³-hybridized carbons (Fsp3) is 0.133. The van der Waals surface area contributed by atoms with Crippen molar-refractivity contribution in [1.82, 2.24) is 9.97 Å². The summed E-state index contributed by atoms with van der Waals surface area (Å²) in [5, 5.41) is 0.924. The third kappa shape index (κ3) is 2.80. The fourth-order valence-electron chi connectivity index (χ4n) is 1.98. The van der Waals surface area contributed by atoms with Crippen LogP contribution in [0.1, 0.15) is 5.56 Å². The van der Waals surface area contributed by atoms with Crippen molar-refractivity contribution >= 4 is 22.8 Å². The summed E-state index contributed by atoms with van der Waals surface area (Å²) in [6.45, 7) is 0.691. The van der Waals surface area contributed by atoms with Crippen molar-refractivity contribution in [3.8, 4) is 0 Å². The topological polar surface area (TPSA) is 54.7 Å². The van der Waals surface area contributed by atoms with Gasteiger partial charge in [-0.2, -0.15) is 0 Å². The highest BCUT2D eigenvalue weighted by atomic mass is 32.2. The Labute approximate surface area is 116 Å². The van der Waals surface area contributed by atoms with Gasteiger partial charge in [-0.25, -0.2) is 4.98 Å². The first-order valence-corrected chi connectivity index (χ1v) is 7.08. The van der Waals surface area contributed by atoms with Gasteiger partial charge in [0.15, 0.2) is 5.16 Å². The molecule has 0 spiro atoms. The first-order valence-electron chi connectivity index (χ1n) is 6.27. The summed E-state index contributed by atoms with van der Waals surface area (Å²) >= 11 is 1.64. The zero-order valence-electron chi connectivity index (χ0n) is 10.5. The van der Waals surface area contributed by atoms with Gasteiger partial charge in [0.25, 0.3) is 0 Å². The molecular weight excluding hydrogens is 254 g/mol. The van der Waals surface area contributed by atoms with E-state index in [0.29, 0.717) is 6.54 Å². The van der Waals surface area contributed by atoms with Crippen LogP contribution in [0, 0.1) is 0 Å². The minimum absolute atomic E-state index is 0.691. The van der Waals surface area contributed by atoms with E-state index in [1.54, 1.807) is 11.8 Å². The van der Waals surface area contributed by atoms with Crippen LogP contribution >= 0.6 is 11.8 Å². The Morgan fingerprint density at radius 3 is 2.58 bits per heavy atom. The Bertz CT molecular complexity index is 640. The number of rotatable bonds is 4. The van der Waals surface area contributed by atoms with Crippen LogP contribution in [0.3, 0.4) is 0 Å². The highest BCUT2D eigenvalue weighted by molar-refractivity contribution is 7.99. The third-order valence-corrected chi connectivity index (χ3v) is 3.83. The standard InChI is InChI=1S/C15H15N3S/c16-10-9-11-5-7-12(8-6-11)19-15-17-13-3-1-2-4-14(13)18-15/h1-8H,9-10,16H2,(H,17,18). The second-order valence-electron chi connectivity index (χ2n) is 4.34. The number of H-pyrrole nitrogens is 1. The molecule has 0 bridgehead atoms. The van der Waals surface area contributed by atoms with Gasteiger partial charge in [-0.3, -0.25) is 0 Å². The molecule has 3 aromatic rings. The van der Waals surface area contributed by atoms with Crippen molar-refractivity contribution in [1.29, 1.82) is 0 Å². The van der Waals surface area contributed by atoms with E-state index in [1.165, 1.54) is 10.5 Å². The Hall–Kier alpha value is -1.78. The molecule has 0 unspecified atom stereocenters. The summed E-state index contributed by atoms with van der Waals surface area (Å²) in [5.74, 6) is 0. The smallest absolute Gasteiger partial charge is 0.171 e. The van der Waals surface area contributed by atoms with Gasteiger partial charge in [0.2, 0.25) is 0 Å². The fourth-order valence-corrected chi connectivity index (χ4v) is 2.78. The van der Waals surface area contributed by atoms with Gasteiger partial charge < -0.3 is 10.7 Å². The molecule has 1 heterocycles. The molecule has 0 radical (unpaired) electrons. The molecule has 2 aromatic carbocycles. The predicted octanol–water partition coefficient (Wildman–Crippen LogP) is 3.22. The van der Waals surface area contributed by atoms with E-state index in [4.69, 9.17) is 5.73 Å². The Morgan fingerprint density at radius 2 is 1.84 bits per heavy atom. The average Bonchev–Trinajstić information content (AvgIpc) is 2.83. The minimum Gasteiger partial charge on any atom is -0.333 e. The number of benzene rings is 2. The lowest BCUT2D eigenvalue weighted by Crippen LogP contribution is -2.02. The number of hydrogen-bond acceptors (Lipinski definition) is 3. The molecule has 0 amide bonds. The summed E-state index contributed by atoms with van der Waals surface area (Å²) < 4.78 is 0. The molecule has 3 N–H and O–H groups in total. The molecule has 3 nitrogen and oxygen atoms in total. The summed E-state index contributed by atoms with van der Waals surface area (Å²) in [6.07, 6.45) is 0.926. The monoisotopic (exact) mass is 269 g/mol. The zero-order chi connectivity index (χ0) is 13.1. The van der Waals surface area contributed by atoms with E-state index in [1.807, 2.05) is 24.3 Å². The van der Waals surface area contributed by atoms with Crippen LogP contribution in [0.2, 0.25) is 0 Å².